The van der Waals surface area contributed by atoms with E-state index >= 15 is 0 Å². The Labute approximate surface area is 260 Å². The fourth-order valence-corrected chi connectivity index (χ4v) is 9.21. The molecule has 232 valence electrons. The molecule has 0 aliphatic rings. The third-order valence-corrected chi connectivity index (χ3v) is 11.4. The maximum atomic E-state index is 11.0. The van der Waals surface area contributed by atoms with Crippen molar-refractivity contribution in [2.45, 2.75) is 142 Å². The molecule has 0 heterocycles. The third kappa shape index (κ3) is 16.4. The monoisotopic (exact) mass is 622 g/mol. The Morgan fingerprint density at radius 3 is 1.56 bits per heavy atom. The summed E-state index contributed by atoms with van der Waals surface area (Å²) in [6.07, 6.45) is 19.2. The van der Waals surface area contributed by atoms with Crippen LogP contribution >= 0.6 is 17.1 Å². The SMILES string of the molecule is CCCCCCCCCc1ccccc1OC(C)OP(O)(=S)SC(C)Oc1ccccc1CCCCCCCCC. The first-order valence-corrected chi connectivity index (χ1v) is 20.2. The van der Waals surface area contributed by atoms with E-state index in [1.54, 1.807) is 6.92 Å². The van der Waals surface area contributed by atoms with Crippen LogP contribution < -0.4 is 9.47 Å². The van der Waals surface area contributed by atoms with Crippen molar-refractivity contribution in [3.8, 4) is 11.5 Å². The van der Waals surface area contributed by atoms with Crippen LogP contribution in [0, 0.1) is 0 Å². The van der Waals surface area contributed by atoms with Gasteiger partial charge < -0.3 is 14.4 Å². The van der Waals surface area contributed by atoms with Crippen LogP contribution in [0.5, 0.6) is 11.5 Å². The first-order valence-electron chi connectivity index (χ1n) is 16.0. The highest BCUT2D eigenvalue weighted by molar-refractivity contribution is 8.67. The van der Waals surface area contributed by atoms with Crippen molar-refractivity contribution >= 4 is 28.9 Å². The number of hydrogen-bond donors (Lipinski definition) is 1. The Morgan fingerprint density at radius 2 is 1.07 bits per heavy atom. The normalized spacial score (nSPS) is 14.4. The van der Waals surface area contributed by atoms with Gasteiger partial charge in [-0.2, -0.15) is 0 Å². The summed E-state index contributed by atoms with van der Waals surface area (Å²) in [5.41, 5.74) is -1.16. The van der Waals surface area contributed by atoms with Crippen molar-refractivity contribution in [3.63, 3.8) is 0 Å². The number of unbranched alkanes of at least 4 members (excludes halogenated alkanes) is 12. The topological polar surface area (TPSA) is 47.9 Å². The van der Waals surface area contributed by atoms with E-state index in [1.165, 1.54) is 99.6 Å². The van der Waals surface area contributed by atoms with Gasteiger partial charge in [0.1, 0.15) is 16.9 Å². The Morgan fingerprint density at radius 1 is 0.659 bits per heavy atom. The Kier molecular flexibility index (Phi) is 19.1. The summed E-state index contributed by atoms with van der Waals surface area (Å²) in [6.45, 7) is 8.22. The molecular formula is C34H55O4PS2. The summed E-state index contributed by atoms with van der Waals surface area (Å²) in [6, 6.07) is 16.3. The van der Waals surface area contributed by atoms with Crippen molar-refractivity contribution in [3.05, 3.63) is 59.7 Å². The van der Waals surface area contributed by atoms with E-state index in [9.17, 15) is 4.89 Å². The van der Waals surface area contributed by atoms with Gasteiger partial charge in [-0.25, -0.2) is 0 Å². The quantitative estimate of drug-likeness (QED) is 0.0714. The predicted molar refractivity (Wildman–Crippen MR) is 182 cm³/mol. The average molecular weight is 623 g/mol. The minimum atomic E-state index is -3.19. The molecule has 0 radical (unpaired) electrons. The third-order valence-electron chi connectivity index (χ3n) is 7.19. The van der Waals surface area contributed by atoms with Crippen molar-refractivity contribution in [1.29, 1.82) is 0 Å². The molecule has 4 nitrogen and oxygen atoms in total. The highest BCUT2D eigenvalue weighted by Gasteiger charge is 2.25. The predicted octanol–water partition coefficient (Wildman–Crippen LogP) is 11.4. The second-order valence-electron chi connectivity index (χ2n) is 11.0. The van der Waals surface area contributed by atoms with Crippen LogP contribution in [0.25, 0.3) is 0 Å². The highest BCUT2D eigenvalue weighted by atomic mass is 32.9. The molecular weight excluding hydrogens is 567 g/mol. The van der Waals surface area contributed by atoms with Gasteiger partial charge in [0.25, 0.3) is 5.69 Å². The molecule has 0 bridgehead atoms. The number of hydrogen-bond acceptors (Lipinski definition) is 5. The fourth-order valence-electron chi connectivity index (χ4n) is 5.00. The summed E-state index contributed by atoms with van der Waals surface area (Å²) in [7, 11) is 0. The van der Waals surface area contributed by atoms with E-state index in [0.717, 1.165) is 37.2 Å². The first kappa shape index (κ1) is 36.2. The second-order valence-corrected chi connectivity index (χ2v) is 17.3. The van der Waals surface area contributed by atoms with Crippen molar-refractivity contribution in [1.82, 2.24) is 0 Å². The standard InChI is InChI=1S/C34H55O4PS2/c1-5-7-9-11-13-15-17-23-31-25-19-21-27-33(31)36-29(3)38-39(35,40)41-30(4)37-34-28-22-20-26-32(34)24-18-16-14-12-10-8-6-2/h19-22,25-30H,5-18,23-24H2,1-4H3,(H,35,40). The molecule has 2 rings (SSSR count). The zero-order valence-corrected chi connectivity index (χ0v) is 28.6. The van der Waals surface area contributed by atoms with Gasteiger partial charge in [-0.15, -0.1) is 0 Å². The molecule has 0 spiro atoms. The second kappa shape index (κ2) is 21.6. The summed E-state index contributed by atoms with van der Waals surface area (Å²) >= 11 is 6.67. The van der Waals surface area contributed by atoms with E-state index in [1.807, 2.05) is 37.3 Å². The van der Waals surface area contributed by atoms with E-state index in [-0.39, 0.29) is 5.44 Å². The molecule has 0 aliphatic carbocycles. The molecule has 1 N–H and O–H groups in total. The molecule has 0 aromatic heterocycles. The Bertz CT molecular complexity index is 927. The molecule has 41 heavy (non-hydrogen) atoms. The Balaban J connectivity index is 1.80. The number of para-hydroxylation sites is 2. The van der Waals surface area contributed by atoms with Crippen LogP contribution in [0.15, 0.2) is 48.5 Å². The van der Waals surface area contributed by atoms with Gasteiger partial charge >= 0.3 is 0 Å². The van der Waals surface area contributed by atoms with Crippen LogP contribution in [0.4, 0.5) is 0 Å². The number of benzene rings is 2. The summed E-state index contributed by atoms with van der Waals surface area (Å²) in [5, 5.41) is 0. The summed E-state index contributed by atoms with van der Waals surface area (Å²) < 4.78 is 18.2. The molecule has 2 aromatic carbocycles. The van der Waals surface area contributed by atoms with Crippen LogP contribution in [-0.4, -0.2) is 16.6 Å². The smallest absolute Gasteiger partial charge is 0.251 e. The van der Waals surface area contributed by atoms with E-state index in [0.29, 0.717) is 0 Å². The number of ether oxygens (including phenoxy) is 2. The molecule has 3 unspecified atom stereocenters. The molecule has 0 saturated heterocycles. The van der Waals surface area contributed by atoms with Crippen molar-refractivity contribution in [2.75, 3.05) is 0 Å². The van der Waals surface area contributed by atoms with Gasteiger partial charge in [-0.3, -0.25) is 4.52 Å². The lowest BCUT2D eigenvalue weighted by Crippen LogP contribution is -2.16. The lowest BCUT2D eigenvalue weighted by atomic mass is 10.0. The van der Waals surface area contributed by atoms with Gasteiger partial charge in [-0.1, -0.05) is 127 Å². The maximum absolute atomic E-state index is 11.0. The van der Waals surface area contributed by atoms with Gasteiger partial charge in [0, 0.05) is 0 Å². The Hall–Kier alpha value is -1.04. The molecule has 0 saturated carbocycles. The van der Waals surface area contributed by atoms with E-state index < -0.39 is 12.0 Å². The van der Waals surface area contributed by atoms with Crippen LogP contribution in [0.2, 0.25) is 0 Å². The van der Waals surface area contributed by atoms with Crippen LogP contribution in [-0.2, 0) is 29.2 Å². The van der Waals surface area contributed by atoms with Crippen molar-refractivity contribution < 1.29 is 18.9 Å². The minimum Gasteiger partial charge on any atom is -0.479 e. The number of aryl methyl sites for hydroxylation is 2. The van der Waals surface area contributed by atoms with Crippen LogP contribution in [0.3, 0.4) is 0 Å². The van der Waals surface area contributed by atoms with Gasteiger partial charge in [0.2, 0.25) is 6.29 Å². The lowest BCUT2D eigenvalue weighted by Gasteiger charge is -2.25. The minimum absolute atomic E-state index is 0.349. The van der Waals surface area contributed by atoms with Crippen LogP contribution in [0.1, 0.15) is 129 Å². The maximum Gasteiger partial charge on any atom is 0.251 e. The molecule has 0 amide bonds. The average Bonchev–Trinajstić information content (AvgIpc) is 2.93. The lowest BCUT2D eigenvalue weighted by molar-refractivity contribution is 0.0259. The van der Waals surface area contributed by atoms with E-state index in [4.69, 9.17) is 25.8 Å². The molecule has 0 aliphatic heterocycles. The number of rotatable bonds is 24. The molecule has 3 atom stereocenters. The zero-order chi connectivity index (χ0) is 29.8. The largest absolute Gasteiger partial charge is 0.479 e. The summed E-state index contributed by atoms with van der Waals surface area (Å²) in [4.78, 5) is 11.0. The molecule has 0 fully saturated rings. The molecule has 2 aromatic rings. The van der Waals surface area contributed by atoms with Gasteiger partial charge in [0.15, 0.2) is 0 Å². The van der Waals surface area contributed by atoms with E-state index in [2.05, 4.69) is 32.0 Å². The zero-order valence-electron chi connectivity index (χ0n) is 26.0. The highest BCUT2D eigenvalue weighted by Crippen LogP contribution is 2.59. The van der Waals surface area contributed by atoms with Gasteiger partial charge in [0.05, 0.1) is 0 Å². The first-order chi connectivity index (χ1) is 19.8. The van der Waals surface area contributed by atoms with Crippen molar-refractivity contribution in [2.24, 2.45) is 0 Å². The fraction of sp³-hybridized carbons (Fsp3) is 0.647. The molecule has 7 heteroatoms. The van der Waals surface area contributed by atoms with Gasteiger partial charge in [-0.05, 0) is 86.0 Å². The summed E-state index contributed by atoms with van der Waals surface area (Å²) in [5.74, 6) is 1.66.